The molecule has 0 aromatic rings. The Kier molecular flexibility index (Phi) is 42.1. The highest BCUT2D eigenvalue weighted by Gasteiger charge is 2.20. The lowest BCUT2D eigenvalue weighted by molar-refractivity contribution is -0.870. The van der Waals surface area contributed by atoms with Crippen molar-refractivity contribution in [3.63, 3.8) is 0 Å². The van der Waals surface area contributed by atoms with Gasteiger partial charge >= 0.3 is 5.97 Å². The van der Waals surface area contributed by atoms with E-state index in [1.165, 1.54) is 83.5 Å². The Balaban J connectivity index is 4.15. The van der Waals surface area contributed by atoms with Crippen molar-refractivity contribution < 1.29 is 37.3 Å². The van der Waals surface area contributed by atoms with Gasteiger partial charge in [-0.25, -0.2) is 0 Å². The number of hydrogen-bond donors (Lipinski definition) is 0. The van der Waals surface area contributed by atoms with Gasteiger partial charge in [0.15, 0.2) is 0 Å². The van der Waals surface area contributed by atoms with Crippen LogP contribution >= 0.6 is 7.82 Å². The second-order valence-corrected chi connectivity index (χ2v) is 18.5. The number of esters is 1. The van der Waals surface area contributed by atoms with Crippen LogP contribution in [0.1, 0.15) is 187 Å². The molecule has 0 amide bonds. The molecule has 348 valence electrons. The van der Waals surface area contributed by atoms with Gasteiger partial charge in [-0.3, -0.25) is 9.36 Å². The van der Waals surface area contributed by atoms with Crippen LogP contribution in [-0.4, -0.2) is 70.7 Å². The quantitative estimate of drug-likeness (QED) is 0.0198. The highest BCUT2D eigenvalue weighted by molar-refractivity contribution is 7.45. The van der Waals surface area contributed by atoms with Crippen LogP contribution in [0, 0.1) is 0 Å². The zero-order chi connectivity index (χ0) is 44.1. The Morgan fingerprint density at radius 3 is 1.45 bits per heavy atom. The minimum absolute atomic E-state index is 0.0196. The number of hydrogen-bond acceptors (Lipinski definition) is 7. The highest BCUT2D eigenvalue weighted by Crippen LogP contribution is 2.38. The molecule has 0 bridgehead atoms. The Morgan fingerprint density at radius 2 is 0.967 bits per heavy atom. The van der Waals surface area contributed by atoms with Crippen molar-refractivity contribution in [1.29, 1.82) is 0 Å². The lowest BCUT2D eigenvalue weighted by Gasteiger charge is -2.28. The predicted molar refractivity (Wildman–Crippen MR) is 254 cm³/mol. The fraction of sp³-hybridized carbons (Fsp3) is 0.745. The predicted octanol–water partition coefficient (Wildman–Crippen LogP) is 14.0. The lowest BCUT2D eigenvalue weighted by atomic mass is 10.1. The van der Waals surface area contributed by atoms with Crippen LogP contribution < -0.4 is 4.89 Å². The molecular weight excluding hydrogens is 770 g/mol. The molecule has 0 aromatic heterocycles. The van der Waals surface area contributed by atoms with Crippen molar-refractivity contribution in [1.82, 2.24) is 0 Å². The number of nitrogens with zero attached hydrogens (tertiary/aromatic N) is 1. The summed E-state index contributed by atoms with van der Waals surface area (Å²) in [6.45, 7) is 5.23. The maximum atomic E-state index is 12.7. The molecule has 0 aliphatic heterocycles. The van der Waals surface area contributed by atoms with E-state index in [4.69, 9.17) is 18.5 Å². The molecule has 2 unspecified atom stereocenters. The number of phosphoric acid groups is 1. The summed E-state index contributed by atoms with van der Waals surface area (Å²) < 4.78 is 34.7. The second kappa shape index (κ2) is 43.6. The summed E-state index contributed by atoms with van der Waals surface area (Å²) in [4.78, 5) is 25.1. The summed E-state index contributed by atoms with van der Waals surface area (Å²) in [6.07, 6.45) is 56.4. The Labute approximate surface area is 370 Å². The number of phosphoric ester groups is 1. The van der Waals surface area contributed by atoms with Gasteiger partial charge in [0.25, 0.3) is 7.82 Å². The average molecular weight is 862 g/mol. The number of unbranched alkanes of at least 4 members (excludes halogenated alkanes) is 18. The van der Waals surface area contributed by atoms with Gasteiger partial charge in [-0.2, -0.15) is 0 Å². The molecule has 0 rings (SSSR count). The molecule has 0 saturated heterocycles. The standard InChI is InChI=1S/C51H92NO7P/c1-6-8-10-12-14-16-18-20-22-23-24-25-26-27-28-29-30-31-33-35-37-39-41-43-46-56-48-50(49-58-60(54,55)57-47-45-52(3,4)5)59-51(53)44-42-40-38-36-34-32-21-19-17-15-13-11-9-7-2/h8,10,13-16,19-22,24-25,50H,6-7,9,11-12,17-18,23,26-49H2,1-5H3/b10-8-,15-13-,16-14-,21-19-,22-20-,25-24-. The van der Waals surface area contributed by atoms with Crippen LogP contribution in [0.15, 0.2) is 72.9 Å². The van der Waals surface area contributed by atoms with E-state index in [1.54, 1.807) is 0 Å². The first-order valence-electron chi connectivity index (χ1n) is 24.2. The molecule has 0 aliphatic carbocycles. The lowest BCUT2D eigenvalue weighted by Crippen LogP contribution is -2.37. The fourth-order valence-electron chi connectivity index (χ4n) is 6.26. The maximum absolute atomic E-state index is 12.7. The Hall–Kier alpha value is -2.06. The molecule has 0 aromatic carbocycles. The third-order valence-electron chi connectivity index (χ3n) is 9.99. The van der Waals surface area contributed by atoms with Gasteiger partial charge in [0, 0.05) is 13.0 Å². The van der Waals surface area contributed by atoms with E-state index in [1.807, 2.05) is 21.1 Å². The minimum atomic E-state index is -4.54. The normalized spacial score (nSPS) is 14.3. The van der Waals surface area contributed by atoms with Gasteiger partial charge in [0.1, 0.15) is 19.3 Å². The smallest absolute Gasteiger partial charge is 0.306 e. The van der Waals surface area contributed by atoms with Gasteiger partial charge in [-0.05, 0) is 77.0 Å². The largest absolute Gasteiger partial charge is 0.756 e. The SMILES string of the molecule is CC/C=C\C/C=C\C/C=C\C/C=C\CCCCCCCCCCCCCOCC(COP(=O)([O-])OCC[N+](C)(C)C)OC(=O)CCCCCCC/C=C\C/C=C\CCCC. The van der Waals surface area contributed by atoms with E-state index in [9.17, 15) is 14.3 Å². The van der Waals surface area contributed by atoms with Crippen LogP contribution in [0.3, 0.4) is 0 Å². The number of allylic oxidation sites excluding steroid dienone is 12. The summed E-state index contributed by atoms with van der Waals surface area (Å²) in [5.74, 6) is -0.351. The second-order valence-electron chi connectivity index (χ2n) is 17.1. The van der Waals surface area contributed by atoms with Crippen molar-refractivity contribution in [2.75, 3.05) is 54.1 Å². The third-order valence-corrected chi connectivity index (χ3v) is 11.0. The topological polar surface area (TPSA) is 94.1 Å². The first-order valence-corrected chi connectivity index (χ1v) is 25.6. The molecule has 0 aliphatic rings. The first kappa shape index (κ1) is 57.9. The number of likely N-dealkylation sites (N-methyl/N-ethyl adjacent to an activating group) is 1. The summed E-state index contributed by atoms with van der Waals surface area (Å²) >= 11 is 0. The van der Waals surface area contributed by atoms with E-state index < -0.39 is 13.9 Å². The third kappa shape index (κ3) is 47.0. The molecule has 0 N–H and O–H groups in total. The molecule has 0 fully saturated rings. The van der Waals surface area contributed by atoms with Crippen LogP contribution in [0.5, 0.6) is 0 Å². The molecule has 0 heterocycles. The molecular formula is C51H92NO7P. The van der Waals surface area contributed by atoms with E-state index in [2.05, 4.69) is 86.8 Å². The van der Waals surface area contributed by atoms with Crippen LogP contribution in [-0.2, 0) is 27.9 Å². The summed E-state index contributed by atoms with van der Waals surface area (Å²) in [5, 5.41) is 0. The van der Waals surface area contributed by atoms with Crippen LogP contribution in [0.25, 0.3) is 0 Å². The zero-order valence-electron chi connectivity index (χ0n) is 39.4. The maximum Gasteiger partial charge on any atom is 0.306 e. The number of quaternary nitrogens is 1. The number of rotatable bonds is 44. The van der Waals surface area contributed by atoms with Gasteiger partial charge in [-0.1, -0.05) is 177 Å². The monoisotopic (exact) mass is 862 g/mol. The van der Waals surface area contributed by atoms with Crippen LogP contribution in [0.4, 0.5) is 0 Å². The van der Waals surface area contributed by atoms with E-state index >= 15 is 0 Å². The van der Waals surface area contributed by atoms with E-state index in [-0.39, 0.29) is 25.8 Å². The van der Waals surface area contributed by atoms with Crippen LogP contribution in [0.2, 0.25) is 0 Å². The summed E-state index contributed by atoms with van der Waals surface area (Å²) in [6, 6.07) is 0. The molecule has 2 atom stereocenters. The van der Waals surface area contributed by atoms with Crippen molar-refractivity contribution in [3.8, 4) is 0 Å². The molecule has 0 radical (unpaired) electrons. The van der Waals surface area contributed by atoms with Crippen molar-refractivity contribution >= 4 is 13.8 Å². The fourth-order valence-corrected chi connectivity index (χ4v) is 6.99. The number of carbonyl (C=O) groups is 1. The molecule has 0 saturated carbocycles. The van der Waals surface area contributed by atoms with Crippen molar-refractivity contribution in [2.45, 2.75) is 193 Å². The minimum Gasteiger partial charge on any atom is -0.756 e. The van der Waals surface area contributed by atoms with Gasteiger partial charge in [0.2, 0.25) is 0 Å². The van der Waals surface area contributed by atoms with E-state index in [0.717, 1.165) is 83.5 Å². The Morgan fingerprint density at radius 1 is 0.533 bits per heavy atom. The van der Waals surface area contributed by atoms with Crippen molar-refractivity contribution in [3.05, 3.63) is 72.9 Å². The number of ether oxygens (including phenoxy) is 2. The Bertz CT molecular complexity index is 1190. The average Bonchev–Trinajstić information content (AvgIpc) is 3.20. The van der Waals surface area contributed by atoms with Gasteiger partial charge in [0.05, 0.1) is 34.4 Å². The molecule has 9 heteroatoms. The molecule has 60 heavy (non-hydrogen) atoms. The zero-order valence-corrected chi connectivity index (χ0v) is 40.3. The number of carbonyl (C=O) groups excluding carboxylic acids is 1. The van der Waals surface area contributed by atoms with E-state index in [0.29, 0.717) is 24.1 Å². The van der Waals surface area contributed by atoms with Gasteiger partial charge < -0.3 is 27.9 Å². The summed E-state index contributed by atoms with van der Waals surface area (Å²) in [7, 11) is 1.34. The van der Waals surface area contributed by atoms with Crippen molar-refractivity contribution in [2.24, 2.45) is 0 Å². The molecule has 0 spiro atoms. The van der Waals surface area contributed by atoms with Gasteiger partial charge in [-0.15, -0.1) is 0 Å². The first-order chi connectivity index (χ1) is 29.1. The highest BCUT2D eigenvalue weighted by atomic mass is 31.2. The molecule has 8 nitrogen and oxygen atoms in total. The summed E-state index contributed by atoms with van der Waals surface area (Å²) in [5.41, 5.74) is 0.